The van der Waals surface area contributed by atoms with Gasteiger partial charge < -0.3 is 4.90 Å². The third-order valence-electron chi connectivity index (χ3n) is 2.14. The molecule has 1 fully saturated rings. The lowest BCUT2D eigenvalue weighted by Crippen LogP contribution is -2.58. The Morgan fingerprint density at radius 2 is 2.08 bits per heavy atom. The van der Waals surface area contributed by atoms with Crippen molar-refractivity contribution in [2.24, 2.45) is 5.41 Å². The maximum Gasteiger partial charge on any atom is 0.219 e. The molecule has 1 atom stereocenters. The summed E-state index contributed by atoms with van der Waals surface area (Å²) in [6, 6.07) is 0. The Labute approximate surface area is 75.6 Å². The zero-order chi connectivity index (χ0) is 9.35. The Hall–Kier alpha value is -0.380. The fraction of sp³-hybridized carbons (Fsp3) is 0.875. The lowest BCUT2D eigenvalue weighted by atomic mass is 9.84. The fourth-order valence-corrected chi connectivity index (χ4v) is 2.84. The molecule has 12 heavy (non-hydrogen) atoms. The number of carbonyl (C=O) groups excluding carboxylic acids is 1. The van der Waals surface area contributed by atoms with E-state index in [0.29, 0.717) is 5.75 Å². The predicted octanol–water partition coefficient (Wildman–Crippen LogP) is 0.233. The summed E-state index contributed by atoms with van der Waals surface area (Å²) in [6.07, 6.45) is 1.71. The normalized spacial score (nSPS) is 23.1. The Bertz CT molecular complexity index is 221. The van der Waals surface area contributed by atoms with Gasteiger partial charge in [0.15, 0.2) is 0 Å². The molecule has 0 radical (unpaired) electrons. The average molecular weight is 189 g/mol. The number of rotatable bonds is 2. The summed E-state index contributed by atoms with van der Waals surface area (Å²) < 4.78 is 10.9. The molecule has 0 N–H and O–H groups in total. The van der Waals surface area contributed by atoms with Crippen molar-refractivity contribution >= 4 is 16.7 Å². The Morgan fingerprint density at radius 3 is 2.42 bits per heavy atom. The van der Waals surface area contributed by atoms with Crippen LogP contribution in [0.4, 0.5) is 0 Å². The van der Waals surface area contributed by atoms with Crippen LogP contribution in [0, 0.1) is 5.41 Å². The van der Waals surface area contributed by atoms with Gasteiger partial charge in [-0.05, 0) is 0 Å². The highest BCUT2D eigenvalue weighted by atomic mass is 32.2. The highest BCUT2D eigenvalue weighted by Crippen LogP contribution is 2.30. The Morgan fingerprint density at radius 1 is 1.58 bits per heavy atom. The summed E-state index contributed by atoms with van der Waals surface area (Å²) in [5.74, 6) is 0.825. The monoisotopic (exact) mass is 189 g/mol. The van der Waals surface area contributed by atoms with Gasteiger partial charge in [-0.3, -0.25) is 9.00 Å². The first kappa shape index (κ1) is 9.71. The highest BCUT2D eigenvalue weighted by molar-refractivity contribution is 7.84. The van der Waals surface area contributed by atoms with Crippen molar-refractivity contribution in [3.05, 3.63) is 0 Å². The summed E-state index contributed by atoms with van der Waals surface area (Å²) in [4.78, 5) is 12.6. The van der Waals surface area contributed by atoms with Gasteiger partial charge in [0.2, 0.25) is 5.91 Å². The molecule has 0 aromatic rings. The van der Waals surface area contributed by atoms with Gasteiger partial charge in [0, 0.05) is 48.2 Å². The molecule has 0 aromatic heterocycles. The van der Waals surface area contributed by atoms with Gasteiger partial charge in [-0.15, -0.1) is 0 Å². The van der Waals surface area contributed by atoms with Crippen LogP contribution in [0.3, 0.4) is 0 Å². The number of amides is 1. The second-order valence-corrected chi connectivity index (χ2v) is 5.34. The summed E-state index contributed by atoms with van der Waals surface area (Å²) in [5, 5.41) is 0. The third-order valence-corrected chi connectivity index (χ3v) is 3.25. The van der Waals surface area contributed by atoms with Crippen molar-refractivity contribution in [3.8, 4) is 0 Å². The zero-order valence-corrected chi connectivity index (χ0v) is 8.61. The van der Waals surface area contributed by atoms with Crippen molar-refractivity contribution in [3.63, 3.8) is 0 Å². The zero-order valence-electron chi connectivity index (χ0n) is 7.79. The van der Waals surface area contributed by atoms with Crippen LogP contribution in [0.25, 0.3) is 0 Å². The van der Waals surface area contributed by atoms with E-state index in [1.807, 2.05) is 0 Å². The first-order valence-electron chi connectivity index (χ1n) is 3.98. The van der Waals surface area contributed by atoms with Crippen LogP contribution in [-0.4, -0.2) is 40.1 Å². The minimum Gasteiger partial charge on any atom is -0.342 e. The van der Waals surface area contributed by atoms with Crippen molar-refractivity contribution in [2.75, 3.05) is 25.1 Å². The van der Waals surface area contributed by atoms with Gasteiger partial charge in [0.25, 0.3) is 0 Å². The molecule has 0 aromatic carbocycles. The number of hydrogen-bond donors (Lipinski definition) is 0. The van der Waals surface area contributed by atoms with E-state index in [1.165, 1.54) is 0 Å². The predicted molar refractivity (Wildman–Crippen MR) is 49.3 cm³/mol. The number of carbonyl (C=O) groups is 1. The minimum absolute atomic E-state index is 0.102. The SMILES string of the molecule is CC(=O)N1CC(C)(CS(C)=O)C1. The van der Waals surface area contributed by atoms with E-state index < -0.39 is 10.8 Å². The summed E-state index contributed by atoms with van der Waals surface area (Å²) in [7, 11) is -0.750. The van der Waals surface area contributed by atoms with Crippen LogP contribution < -0.4 is 0 Å². The first-order valence-corrected chi connectivity index (χ1v) is 5.71. The Kier molecular flexibility index (Phi) is 2.56. The minimum atomic E-state index is -0.750. The topological polar surface area (TPSA) is 37.4 Å². The molecule has 4 heteroatoms. The Balaban J connectivity index is 2.40. The molecule has 1 amide bonds. The molecule has 1 saturated heterocycles. The largest absolute Gasteiger partial charge is 0.342 e. The molecule has 0 spiro atoms. The third kappa shape index (κ3) is 2.06. The number of hydrogen-bond acceptors (Lipinski definition) is 2. The van der Waals surface area contributed by atoms with Gasteiger partial charge in [-0.25, -0.2) is 0 Å². The summed E-state index contributed by atoms with van der Waals surface area (Å²) >= 11 is 0. The van der Waals surface area contributed by atoms with Crippen LogP contribution in [0.15, 0.2) is 0 Å². The molecule has 3 nitrogen and oxygen atoms in total. The quantitative estimate of drug-likeness (QED) is 0.624. The van der Waals surface area contributed by atoms with Crippen molar-refractivity contribution in [1.29, 1.82) is 0 Å². The first-order chi connectivity index (χ1) is 5.43. The van der Waals surface area contributed by atoms with Gasteiger partial charge in [0.05, 0.1) is 0 Å². The second-order valence-electron chi connectivity index (χ2n) is 3.90. The smallest absolute Gasteiger partial charge is 0.219 e. The highest BCUT2D eigenvalue weighted by Gasteiger charge is 2.40. The number of nitrogens with zero attached hydrogens (tertiary/aromatic N) is 1. The molecule has 1 rings (SSSR count). The van der Waals surface area contributed by atoms with E-state index >= 15 is 0 Å². The summed E-state index contributed by atoms with van der Waals surface area (Å²) in [5.41, 5.74) is 0.102. The van der Waals surface area contributed by atoms with Gasteiger partial charge in [-0.1, -0.05) is 6.92 Å². The van der Waals surface area contributed by atoms with Crippen molar-refractivity contribution in [1.82, 2.24) is 4.90 Å². The van der Waals surface area contributed by atoms with E-state index in [2.05, 4.69) is 6.92 Å². The molecule has 1 aliphatic heterocycles. The van der Waals surface area contributed by atoms with Crippen LogP contribution in [0.5, 0.6) is 0 Å². The van der Waals surface area contributed by atoms with E-state index in [9.17, 15) is 9.00 Å². The number of likely N-dealkylation sites (tertiary alicyclic amines) is 1. The van der Waals surface area contributed by atoms with Crippen LogP contribution in [-0.2, 0) is 15.6 Å². The van der Waals surface area contributed by atoms with Crippen LogP contribution in [0.2, 0.25) is 0 Å². The molecular formula is C8H15NO2S. The molecule has 0 saturated carbocycles. The van der Waals surface area contributed by atoms with E-state index in [4.69, 9.17) is 0 Å². The van der Waals surface area contributed by atoms with Crippen LogP contribution in [0.1, 0.15) is 13.8 Å². The van der Waals surface area contributed by atoms with E-state index in [0.717, 1.165) is 13.1 Å². The molecule has 1 unspecified atom stereocenters. The van der Waals surface area contributed by atoms with Gasteiger partial charge in [0.1, 0.15) is 0 Å². The van der Waals surface area contributed by atoms with Gasteiger partial charge >= 0.3 is 0 Å². The molecular weight excluding hydrogens is 174 g/mol. The average Bonchev–Trinajstić information content (AvgIpc) is 1.80. The lowest BCUT2D eigenvalue weighted by Gasteiger charge is -2.47. The van der Waals surface area contributed by atoms with Gasteiger partial charge in [-0.2, -0.15) is 0 Å². The molecule has 1 heterocycles. The molecule has 70 valence electrons. The molecule has 0 aliphatic carbocycles. The van der Waals surface area contributed by atoms with Crippen LogP contribution >= 0.6 is 0 Å². The molecule has 1 aliphatic rings. The maximum atomic E-state index is 10.9. The molecule has 0 bridgehead atoms. The maximum absolute atomic E-state index is 10.9. The van der Waals surface area contributed by atoms with Crippen molar-refractivity contribution < 1.29 is 9.00 Å². The lowest BCUT2D eigenvalue weighted by molar-refractivity contribution is -0.138. The van der Waals surface area contributed by atoms with Crippen molar-refractivity contribution in [2.45, 2.75) is 13.8 Å². The fourth-order valence-electron chi connectivity index (χ4n) is 1.68. The van der Waals surface area contributed by atoms with E-state index in [-0.39, 0.29) is 11.3 Å². The standard InChI is InChI=1S/C8H15NO2S/c1-7(10)9-4-8(2,5-9)6-12(3)11/h4-6H2,1-3H3. The second kappa shape index (κ2) is 3.17. The summed E-state index contributed by atoms with van der Waals surface area (Å²) in [6.45, 7) is 5.18. The van der Waals surface area contributed by atoms with E-state index in [1.54, 1.807) is 18.1 Å².